The minimum Gasteiger partial charge on any atom is -0.0882 e. The topological polar surface area (TPSA) is 0 Å². The molecular formula is C21H28. The second-order valence-electron chi connectivity index (χ2n) is 6.89. The van der Waals surface area contributed by atoms with E-state index >= 15 is 0 Å². The fraction of sp³-hybridized carbons (Fsp3) is 0.524. The molecule has 0 N–H and O–H groups in total. The maximum absolute atomic E-state index is 2.52. The van der Waals surface area contributed by atoms with Crippen molar-refractivity contribution in [2.24, 2.45) is 11.8 Å². The first-order valence-corrected chi connectivity index (χ1v) is 8.73. The van der Waals surface area contributed by atoms with Crippen molar-refractivity contribution in [2.75, 3.05) is 0 Å². The first-order chi connectivity index (χ1) is 10.3. The van der Waals surface area contributed by atoms with E-state index in [1.165, 1.54) is 56.1 Å². The molecule has 0 saturated carbocycles. The Morgan fingerprint density at radius 1 is 0.905 bits per heavy atom. The van der Waals surface area contributed by atoms with E-state index in [2.05, 4.69) is 55.5 Å². The van der Waals surface area contributed by atoms with Gasteiger partial charge in [-0.1, -0.05) is 60.6 Å². The lowest BCUT2D eigenvalue weighted by Crippen LogP contribution is -2.10. The third-order valence-electron chi connectivity index (χ3n) is 5.26. The predicted octanol–water partition coefficient (Wildman–Crippen LogP) is 6.18. The summed E-state index contributed by atoms with van der Waals surface area (Å²) >= 11 is 0. The van der Waals surface area contributed by atoms with Gasteiger partial charge in [-0.15, -0.1) is 0 Å². The first-order valence-electron chi connectivity index (χ1n) is 8.73. The molecule has 0 spiro atoms. The minimum absolute atomic E-state index is 0.723. The standard InChI is InChI=1S/C21H28/c1-17-8-6-13-21(16-17)20-12-7-11-19(14-15-20)18-9-4-2-3-5-10-18/h4,6-9,11,13,16,18-20H,2-3,5,10,12,14-15H2,1H3. The summed E-state index contributed by atoms with van der Waals surface area (Å²) in [6.45, 7) is 2.20. The summed E-state index contributed by atoms with van der Waals surface area (Å²) in [4.78, 5) is 0. The van der Waals surface area contributed by atoms with Crippen LogP contribution in [0.1, 0.15) is 62.0 Å². The van der Waals surface area contributed by atoms with Crippen LogP contribution in [0.5, 0.6) is 0 Å². The lowest BCUT2D eigenvalue weighted by molar-refractivity contribution is 0.398. The summed E-state index contributed by atoms with van der Waals surface area (Å²) < 4.78 is 0. The van der Waals surface area contributed by atoms with Gasteiger partial charge in [0.05, 0.1) is 0 Å². The van der Waals surface area contributed by atoms with Gasteiger partial charge in [0, 0.05) is 0 Å². The Hall–Kier alpha value is -1.30. The van der Waals surface area contributed by atoms with Crippen LogP contribution in [-0.2, 0) is 0 Å². The Morgan fingerprint density at radius 2 is 1.76 bits per heavy atom. The number of aryl methyl sites for hydroxylation is 1. The Morgan fingerprint density at radius 3 is 2.67 bits per heavy atom. The number of hydrogen-bond donors (Lipinski definition) is 0. The van der Waals surface area contributed by atoms with Crippen molar-refractivity contribution in [3.63, 3.8) is 0 Å². The summed E-state index contributed by atoms with van der Waals surface area (Å²) in [5.41, 5.74) is 2.93. The Labute approximate surface area is 130 Å². The molecule has 0 aromatic heterocycles. The molecule has 1 aromatic carbocycles. The number of hydrogen-bond acceptors (Lipinski definition) is 0. The van der Waals surface area contributed by atoms with E-state index in [9.17, 15) is 0 Å². The van der Waals surface area contributed by atoms with Gasteiger partial charge < -0.3 is 0 Å². The van der Waals surface area contributed by atoms with Crippen molar-refractivity contribution in [2.45, 2.75) is 57.8 Å². The second kappa shape index (κ2) is 7.11. The van der Waals surface area contributed by atoms with Crippen LogP contribution in [-0.4, -0.2) is 0 Å². The molecule has 0 fully saturated rings. The molecule has 2 aliphatic rings. The zero-order chi connectivity index (χ0) is 14.5. The molecule has 0 nitrogen and oxygen atoms in total. The highest BCUT2D eigenvalue weighted by molar-refractivity contribution is 5.26. The number of allylic oxidation sites excluding steroid dienone is 4. The average Bonchev–Trinajstić information content (AvgIpc) is 2.90. The Balaban J connectivity index is 1.66. The molecule has 3 rings (SSSR count). The van der Waals surface area contributed by atoms with Gasteiger partial charge in [-0.25, -0.2) is 0 Å². The number of benzene rings is 1. The van der Waals surface area contributed by atoms with Crippen LogP contribution < -0.4 is 0 Å². The molecule has 1 aromatic rings. The SMILES string of the molecule is Cc1cccc(C2CC=CC(C3C=CCCCC3)CC2)c1. The first kappa shape index (κ1) is 14.6. The molecule has 0 bridgehead atoms. The van der Waals surface area contributed by atoms with Crippen molar-refractivity contribution in [1.29, 1.82) is 0 Å². The van der Waals surface area contributed by atoms with Crippen LogP contribution in [0.15, 0.2) is 48.6 Å². The smallest absolute Gasteiger partial charge is 0.0127 e. The van der Waals surface area contributed by atoms with Crippen LogP contribution in [0.3, 0.4) is 0 Å². The summed E-state index contributed by atoms with van der Waals surface area (Å²) in [5, 5.41) is 0. The van der Waals surface area contributed by atoms with Crippen molar-refractivity contribution in [1.82, 2.24) is 0 Å². The van der Waals surface area contributed by atoms with E-state index in [0.29, 0.717) is 0 Å². The van der Waals surface area contributed by atoms with Crippen LogP contribution in [0, 0.1) is 18.8 Å². The normalized spacial score (nSPS) is 29.9. The maximum Gasteiger partial charge on any atom is -0.0127 e. The highest BCUT2D eigenvalue weighted by Gasteiger charge is 2.22. The van der Waals surface area contributed by atoms with E-state index in [1.807, 2.05) is 0 Å². The fourth-order valence-electron chi connectivity index (χ4n) is 3.98. The lowest BCUT2D eigenvalue weighted by Gasteiger charge is -2.21. The molecule has 0 heterocycles. The molecule has 0 saturated heterocycles. The molecule has 0 amide bonds. The quantitative estimate of drug-likeness (QED) is 0.567. The Kier molecular flexibility index (Phi) is 4.95. The lowest BCUT2D eigenvalue weighted by atomic mass is 9.83. The molecule has 3 unspecified atom stereocenters. The van der Waals surface area contributed by atoms with Crippen molar-refractivity contribution in [3.8, 4) is 0 Å². The summed E-state index contributed by atoms with van der Waals surface area (Å²) in [6.07, 6.45) is 19.3. The summed E-state index contributed by atoms with van der Waals surface area (Å²) in [6, 6.07) is 9.11. The van der Waals surface area contributed by atoms with Crippen LogP contribution >= 0.6 is 0 Å². The van der Waals surface area contributed by atoms with Crippen molar-refractivity contribution < 1.29 is 0 Å². The van der Waals surface area contributed by atoms with E-state index < -0.39 is 0 Å². The molecular weight excluding hydrogens is 252 g/mol. The van der Waals surface area contributed by atoms with Gasteiger partial charge in [0.15, 0.2) is 0 Å². The number of rotatable bonds is 2. The van der Waals surface area contributed by atoms with E-state index in [1.54, 1.807) is 0 Å². The monoisotopic (exact) mass is 280 g/mol. The van der Waals surface area contributed by atoms with Gasteiger partial charge in [-0.2, -0.15) is 0 Å². The molecule has 112 valence electrons. The highest BCUT2D eigenvalue weighted by Crippen LogP contribution is 2.36. The largest absolute Gasteiger partial charge is 0.0882 e. The molecule has 0 heteroatoms. The molecule has 0 radical (unpaired) electrons. The molecule has 2 aliphatic carbocycles. The zero-order valence-corrected chi connectivity index (χ0v) is 13.3. The van der Waals surface area contributed by atoms with Crippen molar-refractivity contribution >= 4 is 0 Å². The summed E-state index contributed by atoms with van der Waals surface area (Å²) in [7, 11) is 0. The maximum atomic E-state index is 2.52. The third kappa shape index (κ3) is 3.87. The Bertz CT molecular complexity index is 509. The molecule has 0 aliphatic heterocycles. The summed E-state index contributed by atoms with van der Waals surface area (Å²) in [5.74, 6) is 2.29. The van der Waals surface area contributed by atoms with Gasteiger partial charge in [0.1, 0.15) is 0 Å². The highest BCUT2D eigenvalue weighted by atomic mass is 14.3. The minimum atomic E-state index is 0.723. The van der Waals surface area contributed by atoms with Crippen LogP contribution in [0.25, 0.3) is 0 Å². The second-order valence-corrected chi connectivity index (χ2v) is 6.89. The van der Waals surface area contributed by atoms with Crippen molar-refractivity contribution in [3.05, 3.63) is 59.7 Å². The van der Waals surface area contributed by atoms with Gasteiger partial charge in [0.2, 0.25) is 0 Å². The third-order valence-corrected chi connectivity index (χ3v) is 5.26. The van der Waals surface area contributed by atoms with E-state index in [0.717, 1.165) is 17.8 Å². The van der Waals surface area contributed by atoms with Gasteiger partial charge in [0.25, 0.3) is 0 Å². The van der Waals surface area contributed by atoms with Crippen LogP contribution in [0.2, 0.25) is 0 Å². The van der Waals surface area contributed by atoms with Crippen LogP contribution in [0.4, 0.5) is 0 Å². The van der Waals surface area contributed by atoms with Gasteiger partial charge in [-0.05, 0) is 68.8 Å². The van der Waals surface area contributed by atoms with Gasteiger partial charge in [-0.3, -0.25) is 0 Å². The predicted molar refractivity (Wildman–Crippen MR) is 91.5 cm³/mol. The molecule has 21 heavy (non-hydrogen) atoms. The average molecular weight is 280 g/mol. The van der Waals surface area contributed by atoms with E-state index in [4.69, 9.17) is 0 Å². The fourth-order valence-corrected chi connectivity index (χ4v) is 3.98. The zero-order valence-electron chi connectivity index (χ0n) is 13.3. The van der Waals surface area contributed by atoms with E-state index in [-0.39, 0.29) is 0 Å². The molecule has 3 atom stereocenters. The van der Waals surface area contributed by atoms with Gasteiger partial charge >= 0.3 is 0 Å².